The molecular formula is C13H21N7. The molecule has 0 aromatic carbocycles. The fourth-order valence-corrected chi connectivity index (χ4v) is 2.50. The molecule has 1 aliphatic rings. The Morgan fingerprint density at radius 1 is 1.40 bits per heavy atom. The molecule has 3 heterocycles. The van der Waals surface area contributed by atoms with Crippen LogP contribution in [0.15, 0.2) is 12.3 Å². The summed E-state index contributed by atoms with van der Waals surface area (Å²) in [4.78, 5) is 6.75. The van der Waals surface area contributed by atoms with Crippen LogP contribution >= 0.6 is 0 Å². The number of aromatic nitrogens is 5. The van der Waals surface area contributed by atoms with Gasteiger partial charge in [-0.25, -0.2) is 0 Å². The summed E-state index contributed by atoms with van der Waals surface area (Å²) in [5.74, 6) is 1.47. The van der Waals surface area contributed by atoms with Gasteiger partial charge in [-0.3, -0.25) is 9.78 Å². The Labute approximate surface area is 118 Å². The molecule has 0 saturated carbocycles. The van der Waals surface area contributed by atoms with E-state index in [1.165, 1.54) is 0 Å². The number of rotatable bonds is 3. The van der Waals surface area contributed by atoms with Crippen molar-refractivity contribution in [3.63, 3.8) is 0 Å². The second-order valence-corrected chi connectivity index (χ2v) is 5.86. The van der Waals surface area contributed by atoms with Gasteiger partial charge in [-0.1, -0.05) is 6.92 Å². The Morgan fingerprint density at radius 2 is 2.15 bits per heavy atom. The van der Waals surface area contributed by atoms with Crippen molar-refractivity contribution < 1.29 is 0 Å². The monoisotopic (exact) mass is 275 g/mol. The van der Waals surface area contributed by atoms with E-state index in [4.69, 9.17) is 5.73 Å². The number of nitrogens with one attached hydrogen (secondary N) is 1. The SMILES string of the molecule is Cn1ccc(-c2nc(N3CCC(C)(CN)CC3)n[nH]2)n1. The summed E-state index contributed by atoms with van der Waals surface area (Å²) in [6.07, 6.45) is 4.05. The first-order chi connectivity index (χ1) is 9.59. The van der Waals surface area contributed by atoms with Crippen molar-refractivity contribution in [2.45, 2.75) is 19.8 Å². The molecule has 0 radical (unpaired) electrons. The van der Waals surface area contributed by atoms with E-state index < -0.39 is 0 Å². The van der Waals surface area contributed by atoms with Crippen LogP contribution in [-0.2, 0) is 7.05 Å². The maximum Gasteiger partial charge on any atom is 0.245 e. The first-order valence-electron chi connectivity index (χ1n) is 6.97. The van der Waals surface area contributed by atoms with Crippen molar-refractivity contribution in [1.82, 2.24) is 25.0 Å². The lowest BCUT2D eigenvalue weighted by Crippen LogP contribution is -2.42. The maximum atomic E-state index is 5.84. The van der Waals surface area contributed by atoms with E-state index in [2.05, 4.69) is 32.1 Å². The van der Waals surface area contributed by atoms with Crippen LogP contribution in [0.2, 0.25) is 0 Å². The Kier molecular flexibility index (Phi) is 3.21. The summed E-state index contributed by atoms with van der Waals surface area (Å²) in [7, 11) is 1.89. The Bertz CT molecular complexity index is 577. The summed E-state index contributed by atoms with van der Waals surface area (Å²) in [6.45, 7) is 4.90. The topological polar surface area (TPSA) is 88.6 Å². The van der Waals surface area contributed by atoms with Crippen LogP contribution in [0.4, 0.5) is 5.95 Å². The summed E-state index contributed by atoms with van der Waals surface area (Å²) < 4.78 is 1.76. The number of hydrogen-bond acceptors (Lipinski definition) is 5. The predicted octanol–water partition coefficient (Wildman–Crippen LogP) is 0.770. The molecule has 0 atom stereocenters. The van der Waals surface area contributed by atoms with Gasteiger partial charge in [0.15, 0.2) is 5.82 Å². The zero-order valence-corrected chi connectivity index (χ0v) is 12.0. The van der Waals surface area contributed by atoms with E-state index in [1.54, 1.807) is 4.68 Å². The van der Waals surface area contributed by atoms with Gasteiger partial charge in [0.1, 0.15) is 5.69 Å². The molecule has 0 spiro atoms. The highest BCUT2D eigenvalue weighted by Crippen LogP contribution is 2.31. The Balaban J connectivity index is 1.72. The molecule has 2 aromatic heterocycles. The minimum absolute atomic E-state index is 0.261. The van der Waals surface area contributed by atoms with Crippen LogP contribution < -0.4 is 10.6 Å². The molecule has 7 nitrogen and oxygen atoms in total. The first kappa shape index (κ1) is 13.1. The zero-order valence-electron chi connectivity index (χ0n) is 12.0. The van der Waals surface area contributed by atoms with Gasteiger partial charge in [-0.2, -0.15) is 10.1 Å². The second-order valence-electron chi connectivity index (χ2n) is 5.86. The van der Waals surface area contributed by atoms with E-state index in [-0.39, 0.29) is 5.41 Å². The van der Waals surface area contributed by atoms with Gasteiger partial charge in [0.2, 0.25) is 5.95 Å². The van der Waals surface area contributed by atoms with Crippen molar-refractivity contribution in [3.8, 4) is 11.5 Å². The van der Waals surface area contributed by atoms with Crippen LogP contribution in [-0.4, -0.2) is 44.6 Å². The summed E-state index contributed by atoms with van der Waals surface area (Å²) in [5.41, 5.74) is 6.91. The highest BCUT2D eigenvalue weighted by atomic mass is 15.4. The molecule has 7 heteroatoms. The van der Waals surface area contributed by atoms with Crippen molar-refractivity contribution >= 4 is 5.95 Å². The van der Waals surface area contributed by atoms with E-state index in [1.807, 2.05) is 19.3 Å². The van der Waals surface area contributed by atoms with Crippen LogP contribution in [0.5, 0.6) is 0 Å². The van der Waals surface area contributed by atoms with Gasteiger partial charge < -0.3 is 10.6 Å². The molecule has 0 amide bonds. The molecule has 108 valence electrons. The Hall–Kier alpha value is -1.89. The first-order valence-corrected chi connectivity index (χ1v) is 6.97. The van der Waals surface area contributed by atoms with Crippen LogP contribution in [0.3, 0.4) is 0 Å². The van der Waals surface area contributed by atoms with Crippen LogP contribution in [0, 0.1) is 5.41 Å². The lowest BCUT2D eigenvalue weighted by Gasteiger charge is -2.38. The molecule has 3 N–H and O–H groups in total. The maximum absolute atomic E-state index is 5.84. The molecule has 20 heavy (non-hydrogen) atoms. The van der Waals surface area contributed by atoms with Gasteiger partial charge in [0.05, 0.1) is 0 Å². The van der Waals surface area contributed by atoms with E-state index >= 15 is 0 Å². The van der Waals surface area contributed by atoms with Gasteiger partial charge in [-0.05, 0) is 30.9 Å². The fourth-order valence-electron chi connectivity index (χ4n) is 2.50. The molecular weight excluding hydrogens is 254 g/mol. The normalized spacial score (nSPS) is 18.4. The van der Waals surface area contributed by atoms with Crippen molar-refractivity contribution in [2.75, 3.05) is 24.5 Å². The smallest absolute Gasteiger partial charge is 0.245 e. The zero-order chi connectivity index (χ0) is 14.2. The molecule has 0 unspecified atom stereocenters. The third-order valence-electron chi connectivity index (χ3n) is 4.18. The number of anilines is 1. The van der Waals surface area contributed by atoms with Crippen molar-refractivity contribution in [1.29, 1.82) is 0 Å². The van der Waals surface area contributed by atoms with Gasteiger partial charge in [0, 0.05) is 26.3 Å². The molecule has 1 saturated heterocycles. The number of aromatic amines is 1. The summed E-state index contributed by atoms with van der Waals surface area (Å²) in [6, 6.07) is 1.92. The largest absolute Gasteiger partial charge is 0.339 e. The van der Waals surface area contributed by atoms with Crippen molar-refractivity contribution in [2.24, 2.45) is 18.2 Å². The van der Waals surface area contributed by atoms with Gasteiger partial charge in [0.25, 0.3) is 0 Å². The highest BCUT2D eigenvalue weighted by molar-refractivity contribution is 5.50. The third-order valence-corrected chi connectivity index (χ3v) is 4.18. The summed E-state index contributed by atoms with van der Waals surface area (Å²) >= 11 is 0. The molecule has 3 rings (SSSR count). The van der Waals surface area contributed by atoms with E-state index in [0.29, 0.717) is 5.82 Å². The molecule has 0 aliphatic carbocycles. The number of aryl methyl sites for hydroxylation is 1. The highest BCUT2D eigenvalue weighted by Gasteiger charge is 2.30. The second kappa shape index (κ2) is 4.90. The average molecular weight is 275 g/mol. The lowest BCUT2D eigenvalue weighted by molar-refractivity contribution is 0.257. The van der Waals surface area contributed by atoms with E-state index in [0.717, 1.165) is 44.1 Å². The minimum atomic E-state index is 0.261. The van der Waals surface area contributed by atoms with Gasteiger partial charge in [-0.15, -0.1) is 5.10 Å². The lowest BCUT2D eigenvalue weighted by atomic mass is 9.81. The Morgan fingerprint density at radius 3 is 2.75 bits per heavy atom. The number of hydrogen-bond donors (Lipinski definition) is 2. The van der Waals surface area contributed by atoms with Crippen LogP contribution in [0.1, 0.15) is 19.8 Å². The number of nitrogens with zero attached hydrogens (tertiary/aromatic N) is 5. The fraction of sp³-hybridized carbons (Fsp3) is 0.615. The standard InChI is InChI=1S/C13H21N7/c1-13(9-14)4-7-20(8-5-13)12-15-11(16-17-12)10-3-6-19(2)18-10/h3,6H,4-5,7-9,14H2,1-2H3,(H,15,16,17). The summed E-state index contributed by atoms with van der Waals surface area (Å²) in [5, 5.41) is 11.6. The van der Waals surface area contributed by atoms with Crippen molar-refractivity contribution in [3.05, 3.63) is 12.3 Å². The minimum Gasteiger partial charge on any atom is -0.339 e. The number of nitrogens with two attached hydrogens (primary N) is 1. The molecule has 2 aromatic rings. The molecule has 0 bridgehead atoms. The van der Waals surface area contributed by atoms with E-state index in [9.17, 15) is 0 Å². The van der Waals surface area contributed by atoms with Gasteiger partial charge >= 0.3 is 0 Å². The number of H-pyrrole nitrogens is 1. The predicted molar refractivity (Wildman–Crippen MR) is 77.2 cm³/mol. The average Bonchev–Trinajstić information content (AvgIpc) is 3.08. The van der Waals surface area contributed by atoms with Crippen LogP contribution in [0.25, 0.3) is 11.5 Å². The number of piperidine rings is 1. The third kappa shape index (κ3) is 2.40. The molecule has 1 fully saturated rings. The molecule has 1 aliphatic heterocycles. The quantitative estimate of drug-likeness (QED) is 0.863.